The van der Waals surface area contributed by atoms with E-state index in [1.165, 1.54) is 12.8 Å². The molecule has 0 spiro atoms. The summed E-state index contributed by atoms with van der Waals surface area (Å²) in [4.78, 5) is 14.3. The third-order valence-electron chi connectivity index (χ3n) is 3.09. The van der Waals surface area contributed by atoms with Crippen molar-refractivity contribution < 1.29 is 4.79 Å². The molecule has 98 valence electrons. The summed E-state index contributed by atoms with van der Waals surface area (Å²) in [5.74, 6) is -0.0674. The maximum Gasteiger partial charge on any atom is 0.251 e. The summed E-state index contributed by atoms with van der Waals surface area (Å²) in [7, 11) is 0. The first kappa shape index (κ1) is 13.4. The monoisotopic (exact) mass is 311 g/mol. The number of rotatable bonds is 4. The van der Waals surface area contributed by atoms with Gasteiger partial charge in [0, 0.05) is 28.8 Å². The number of nitrogens with one attached hydrogen (secondary N) is 1. The van der Waals surface area contributed by atoms with E-state index in [4.69, 9.17) is 5.73 Å². The van der Waals surface area contributed by atoms with Crippen molar-refractivity contribution in [3.63, 3.8) is 0 Å². The lowest BCUT2D eigenvalue weighted by Gasteiger charge is -2.14. The molecule has 18 heavy (non-hydrogen) atoms. The van der Waals surface area contributed by atoms with Gasteiger partial charge < -0.3 is 16.0 Å². The molecule has 0 bridgehead atoms. The number of carbonyl (C=O) groups excluding carboxylic acids is 1. The van der Waals surface area contributed by atoms with Crippen LogP contribution in [0.2, 0.25) is 0 Å². The molecule has 0 aromatic heterocycles. The number of carbonyl (C=O) groups is 1. The first-order valence-electron chi connectivity index (χ1n) is 6.22. The Balaban J connectivity index is 1.83. The Morgan fingerprint density at radius 2 is 2.06 bits per heavy atom. The van der Waals surface area contributed by atoms with E-state index in [-0.39, 0.29) is 5.91 Å². The normalized spacial score (nSPS) is 15.8. The summed E-state index contributed by atoms with van der Waals surface area (Å²) in [5, 5.41) is 2.92. The lowest BCUT2D eigenvalue weighted by molar-refractivity contribution is 0.0949. The summed E-state index contributed by atoms with van der Waals surface area (Å²) < 4.78 is 0.826. The van der Waals surface area contributed by atoms with Crippen LogP contribution in [0, 0.1) is 0 Å². The van der Waals surface area contributed by atoms with E-state index in [1.807, 2.05) is 0 Å². The van der Waals surface area contributed by atoms with Crippen LogP contribution in [0.1, 0.15) is 23.2 Å². The molecule has 5 heteroatoms. The quantitative estimate of drug-likeness (QED) is 0.834. The minimum absolute atomic E-state index is 0.0674. The molecule has 1 aromatic rings. The number of hydrogen-bond acceptors (Lipinski definition) is 3. The van der Waals surface area contributed by atoms with E-state index in [9.17, 15) is 4.79 Å². The minimum Gasteiger partial charge on any atom is -0.399 e. The van der Waals surface area contributed by atoms with Gasteiger partial charge in [-0.1, -0.05) is 15.9 Å². The van der Waals surface area contributed by atoms with Crippen LogP contribution in [0.3, 0.4) is 0 Å². The highest BCUT2D eigenvalue weighted by atomic mass is 79.9. The second-order valence-corrected chi connectivity index (χ2v) is 5.49. The van der Waals surface area contributed by atoms with Crippen LogP contribution in [0.25, 0.3) is 0 Å². The second-order valence-electron chi connectivity index (χ2n) is 4.58. The average molecular weight is 312 g/mol. The van der Waals surface area contributed by atoms with Crippen LogP contribution in [0.4, 0.5) is 5.69 Å². The number of amides is 1. The van der Waals surface area contributed by atoms with Crippen molar-refractivity contribution in [1.82, 2.24) is 10.2 Å². The van der Waals surface area contributed by atoms with E-state index in [0.717, 1.165) is 24.1 Å². The summed E-state index contributed by atoms with van der Waals surface area (Å²) in [6, 6.07) is 5.25. The Hall–Kier alpha value is -1.07. The van der Waals surface area contributed by atoms with Crippen LogP contribution in [-0.2, 0) is 0 Å². The van der Waals surface area contributed by atoms with Gasteiger partial charge >= 0.3 is 0 Å². The fraction of sp³-hybridized carbons (Fsp3) is 0.462. The molecule has 1 amide bonds. The maximum atomic E-state index is 11.9. The molecular formula is C13H18BrN3O. The topological polar surface area (TPSA) is 58.4 Å². The molecule has 1 aromatic carbocycles. The fourth-order valence-electron chi connectivity index (χ4n) is 2.18. The largest absolute Gasteiger partial charge is 0.399 e. The zero-order chi connectivity index (χ0) is 13.0. The minimum atomic E-state index is -0.0674. The maximum absolute atomic E-state index is 11.9. The average Bonchev–Trinajstić information content (AvgIpc) is 2.80. The molecule has 1 fully saturated rings. The van der Waals surface area contributed by atoms with Gasteiger partial charge in [-0.25, -0.2) is 0 Å². The molecule has 1 saturated heterocycles. The van der Waals surface area contributed by atoms with Gasteiger partial charge in [-0.2, -0.15) is 0 Å². The Morgan fingerprint density at radius 3 is 2.72 bits per heavy atom. The number of nitrogens with zero attached hydrogens (tertiary/aromatic N) is 1. The molecular weight excluding hydrogens is 294 g/mol. The van der Waals surface area contributed by atoms with E-state index < -0.39 is 0 Å². The number of anilines is 1. The molecule has 4 nitrogen and oxygen atoms in total. The molecule has 1 aliphatic rings. The highest BCUT2D eigenvalue weighted by Crippen LogP contribution is 2.17. The molecule has 0 atom stereocenters. The van der Waals surface area contributed by atoms with E-state index >= 15 is 0 Å². The number of halogens is 1. The lowest BCUT2D eigenvalue weighted by Crippen LogP contribution is -2.33. The summed E-state index contributed by atoms with van der Waals surface area (Å²) in [6.07, 6.45) is 2.55. The third kappa shape index (κ3) is 3.71. The van der Waals surface area contributed by atoms with E-state index in [0.29, 0.717) is 17.8 Å². The van der Waals surface area contributed by atoms with Crippen molar-refractivity contribution in [2.75, 3.05) is 31.9 Å². The molecule has 0 saturated carbocycles. The number of hydrogen-bond donors (Lipinski definition) is 2. The summed E-state index contributed by atoms with van der Waals surface area (Å²) in [5.41, 5.74) is 6.90. The van der Waals surface area contributed by atoms with Crippen molar-refractivity contribution in [2.24, 2.45) is 0 Å². The highest BCUT2D eigenvalue weighted by Gasteiger charge is 2.12. The summed E-state index contributed by atoms with van der Waals surface area (Å²) in [6.45, 7) is 3.92. The van der Waals surface area contributed by atoms with Crippen LogP contribution in [0.15, 0.2) is 22.7 Å². The van der Waals surface area contributed by atoms with Crippen LogP contribution < -0.4 is 11.1 Å². The zero-order valence-electron chi connectivity index (χ0n) is 10.3. The standard InChI is InChI=1S/C13H18BrN3O/c14-11-7-10(8-12(15)9-11)13(18)16-3-6-17-4-1-2-5-17/h7-9H,1-6,15H2,(H,16,18). The van der Waals surface area contributed by atoms with Gasteiger partial charge in [-0.15, -0.1) is 0 Å². The smallest absolute Gasteiger partial charge is 0.251 e. The number of nitrogens with two attached hydrogens (primary N) is 1. The Labute approximate surface area is 116 Å². The lowest BCUT2D eigenvalue weighted by atomic mass is 10.2. The molecule has 3 N–H and O–H groups in total. The van der Waals surface area contributed by atoms with Crippen LogP contribution >= 0.6 is 15.9 Å². The molecule has 0 radical (unpaired) electrons. The van der Waals surface area contributed by atoms with E-state index in [2.05, 4.69) is 26.1 Å². The number of nitrogen functional groups attached to an aromatic ring is 1. The van der Waals surface area contributed by atoms with Crippen molar-refractivity contribution >= 4 is 27.5 Å². The van der Waals surface area contributed by atoms with Gasteiger partial charge in [-0.3, -0.25) is 4.79 Å². The van der Waals surface area contributed by atoms with Crippen LogP contribution in [0.5, 0.6) is 0 Å². The zero-order valence-corrected chi connectivity index (χ0v) is 11.9. The SMILES string of the molecule is Nc1cc(Br)cc(C(=O)NCCN2CCCC2)c1. The molecule has 0 aliphatic carbocycles. The fourth-order valence-corrected chi connectivity index (χ4v) is 2.69. The van der Waals surface area contributed by atoms with Gasteiger partial charge in [0.05, 0.1) is 0 Å². The van der Waals surface area contributed by atoms with E-state index in [1.54, 1.807) is 18.2 Å². The molecule has 2 rings (SSSR count). The third-order valence-corrected chi connectivity index (χ3v) is 3.55. The van der Waals surface area contributed by atoms with Crippen molar-refractivity contribution in [2.45, 2.75) is 12.8 Å². The second kappa shape index (κ2) is 6.20. The molecule has 0 unspecified atom stereocenters. The van der Waals surface area contributed by atoms with Gasteiger partial charge in [-0.05, 0) is 44.1 Å². The van der Waals surface area contributed by atoms with Gasteiger partial charge in [0.2, 0.25) is 0 Å². The Kier molecular flexibility index (Phi) is 4.60. The molecule has 1 aliphatic heterocycles. The number of benzene rings is 1. The molecule has 1 heterocycles. The summed E-state index contributed by atoms with van der Waals surface area (Å²) >= 11 is 3.34. The van der Waals surface area contributed by atoms with Crippen LogP contribution in [-0.4, -0.2) is 37.0 Å². The Bertz CT molecular complexity index is 410. The van der Waals surface area contributed by atoms with Gasteiger partial charge in [0.25, 0.3) is 5.91 Å². The predicted molar refractivity (Wildman–Crippen MR) is 76.6 cm³/mol. The first-order valence-corrected chi connectivity index (χ1v) is 7.01. The Morgan fingerprint density at radius 1 is 1.33 bits per heavy atom. The number of likely N-dealkylation sites (tertiary alicyclic amines) is 1. The predicted octanol–water partition coefficient (Wildman–Crippen LogP) is 1.86. The van der Waals surface area contributed by atoms with Crippen molar-refractivity contribution in [1.29, 1.82) is 0 Å². The first-order chi connectivity index (χ1) is 8.65. The van der Waals surface area contributed by atoms with Gasteiger partial charge in [0.1, 0.15) is 0 Å². The van der Waals surface area contributed by atoms with Crippen molar-refractivity contribution in [3.05, 3.63) is 28.2 Å². The van der Waals surface area contributed by atoms with Gasteiger partial charge in [0.15, 0.2) is 0 Å². The van der Waals surface area contributed by atoms with Crippen molar-refractivity contribution in [3.8, 4) is 0 Å². The highest BCUT2D eigenvalue weighted by molar-refractivity contribution is 9.10.